The number of carbonyl (C=O) groups is 3. The van der Waals surface area contributed by atoms with E-state index in [2.05, 4.69) is 6.92 Å². The van der Waals surface area contributed by atoms with E-state index in [9.17, 15) is 24.6 Å². The molecule has 0 aliphatic heterocycles. The van der Waals surface area contributed by atoms with Crippen LogP contribution in [0.2, 0.25) is 0 Å². The van der Waals surface area contributed by atoms with Crippen molar-refractivity contribution in [3.8, 4) is 0 Å². The first-order valence-electron chi connectivity index (χ1n) is 12.4. The number of fused-ring (bicyclic) bond motifs is 5. The van der Waals surface area contributed by atoms with Gasteiger partial charge >= 0.3 is 5.97 Å². The van der Waals surface area contributed by atoms with Crippen LogP contribution in [-0.2, 0) is 19.1 Å². The molecule has 0 aromatic carbocycles. The summed E-state index contributed by atoms with van der Waals surface area (Å²) in [6, 6.07) is 0. The lowest BCUT2D eigenvalue weighted by Crippen LogP contribution is -2.62. The SMILES string of the molecule is CCCCC(=O)OCC(=O)[C@@]1(O)CC[C@H]2[C@H]3CCC4=CC(=O)CC[C@@]4(C)[C@H]3[C@@H](O)C[C@@]21C. The molecule has 0 amide bonds. The molecule has 4 rings (SSSR count). The standard InChI is InChI=1S/C26H38O6/c1-4-5-6-22(30)32-15-21(29)26(31)12-10-19-18-8-7-16-13-17(27)9-11-24(16,2)23(18)20(28)14-25(19,26)3/h13,18-20,23,28,31H,4-12,14-15H2,1-3H3/t18-,19+,20+,23-,24-,25+,26+/m1/s1. The zero-order valence-corrected chi connectivity index (χ0v) is 19.7. The van der Waals surface area contributed by atoms with Gasteiger partial charge in [0.15, 0.2) is 12.4 Å². The number of aliphatic hydroxyl groups excluding tert-OH is 1. The van der Waals surface area contributed by atoms with E-state index in [1.807, 2.05) is 19.9 Å². The Morgan fingerprint density at radius 3 is 2.66 bits per heavy atom. The molecule has 0 radical (unpaired) electrons. The smallest absolute Gasteiger partial charge is 0.306 e. The van der Waals surface area contributed by atoms with Gasteiger partial charge in [-0.25, -0.2) is 0 Å². The molecule has 0 aromatic rings. The van der Waals surface area contributed by atoms with Gasteiger partial charge in [0.25, 0.3) is 0 Å². The summed E-state index contributed by atoms with van der Waals surface area (Å²) < 4.78 is 5.19. The molecule has 0 unspecified atom stereocenters. The zero-order valence-electron chi connectivity index (χ0n) is 19.7. The molecule has 0 heterocycles. The van der Waals surface area contributed by atoms with Crippen LogP contribution in [0.3, 0.4) is 0 Å². The van der Waals surface area contributed by atoms with Crippen LogP contribution >= 0.6 is 0 Å². The molecule has 4 aliphatic rings. The fourth-order valence-corrected chi connectivity index (χ4v) is 7.81. The molecule has 6 heteroatoms. The van der Waals surface area contributed by atoms with Gasteiger partial charge in [0.2, 0.25) is 5.78 Å². The third kappa shape index (κ3) is 3.49. The number of hydrogen-bond donors (Lipinski definition) is 2. The Morgan fingerprint density at radius 1 is 1.19 bits per heavy atom. The summed E-state index contributed by atoms with van der Waals surface area (Å²) in [5, 5.41) is 23.0. The third-order valence-corrected chi connectivity index (χ3v) is 9.61. The van der Waals surface area contributed by atoms with Crippen LogP contribution in [-0.4, -0.2) is 46.1 Å². The van der Waals surface area contributed by atoms with Gasteiger partial charge in [0.1, 0.15) is 5.60 Å². The van der Waals surface area contributed by atoms with E-state index in [0.717, 1.165) is 32.1 Å². The molecule has 32 heavy (non-hydrogen) atoms. The maximum absolute atomic E-state index is 13.1. The van der Waals surface area contributed by atoms with Crippen molar-refractivity contribution in [2.24, 2.45) is 28.6 Å². The highest BCUT2D eigenvalue weighted by Gasteiger charge is 2.68. The van der Waals surface area contributed by atoms with E-state index in [0.29, 0.717) is 25.7 Å². The van der Waals surface area contributed by atoms with Gasteiger partial charge < -0.3 is 14.9 Å². The van der Waals surface area contributed by atoms with Gasteiger partial charge in [-0.1, -0.05) is 32.8 Å². The fraction of sp³-hybridized carbons (Fsp3) is 0.808. The highest BCUT2D eigenvalue weighted by Crippen LogP contribution is 2.67. The fourth-order valence-electron chi connectivity index (χ4n) is 7.81. The van der Waals surface area contributed by atoms with E-state index in [1.165, 1.54) is 5.57 Å². The van der Waals surface area contributed by atoms with Crippen molar-refractivity contribution in [1.82, 2.24) is 0 Å². The predicted octanol–water partition coefficient (Wildman–Crippen LogP) is 3.52. The second-order valence-electron chi connectivity index (χ2n) is 11.2. The largest absolute Gasteiger partial charge is 0.458 e. The lowest BCUT2D eigenvalue weighted by atomic mass is 9.45. The van der Waals surface area contributed by atoms with Gasteiger partial charge in [-0.2, -0.15) is 0 Å². The van der Waals surface area contributed by atoms with Crippen molar-refractivity contribution in [3.05, 3.63) is 11.6 Å². The molecule has 3 saturated carbocycles. The Kier molecular flexibility index (Phi) is 6.17. The molecular weight excluding hydrogens is 408 g/mol. The third-order valence-electron chi connectivity index (χ3n) is 9.61. The minimum absolute atomic E-state index is 0.0398. The Bertz CT molecular complexity index is 832. The van der Waals surface area contributed by atoms with E-state index in [-0.39, 0.29) is 35.4 Å². The van der Waals surface area contributed by atoms with Crippen LogP contribution < -0.4 is 0 Å². The summed E-state index contributed by atoms with van der Waals surface area (Å²) in [6.45, 7) is 5.71. The Labute approximate surface area is 190 Å². The van der Waals surface area contributed by atoms with Crippen molar-refractivity contribution in [2.45, 2.75) is 96.7 Å². The topological polar surface area (TPSA) is 101 Å². The van der Waals surface area contributed by atoms with E-state index in [4.69, 9.17) is 4.74 Å². The van der Waals surface area contributed by atoms with Crippen LogP contribution in [0.1, 0.15) is 85.0 Å². The first-order valence-corrected chi connectivity index (χ1v) is 12.4. The first kappa shape index (κ1) is 23.6. The number of rotatable bonds is 6. The van der Waals surface area contributed by atoms with Crippen molar-refractivity contribution < 1.29 is 29.3 Å². The first-order chi connectivity index (χ1) is 15.1. The average Bonchev–Trinajstić information content (AvgIpc) is 3.02. The second-order valence-corrected chi connectivity index (χ2v) is 11.2. The number of carbonyl (C=O) groups excluding carboxylic acids is 3. The van der Waals surface area contributed by atoms with Crippen LogP contribution in [0.4, 0.5) is 0 Å². The molecule has 7 atom stereocenters. The summed E-state index contributed by atoms with van der Waals surface area (Å²) in [4.78, 5) is 37.1. The molecule has 0 saturated heterocycles. The van der Waals surface area contributed by atoms with Crippen LogP contribution in [0, 0.1) is 28.6 Å². The maximum atomic E-state index is 13.1. The lowest BCUT2D eigenvalue weighted by Gasteiger charge is -2.60. The number of allylic oxidation sites excluding steroid dienone is 1. The lowest BCUT2D eigenvalue weighted by molar-refractivity contribution is -0.184. The van der Waals surface area contributed by atoms with Gasteiger partial charge in [-0.3, -0.25) is 14.4 Å². The predicted molar refractivity (Wildman–Crippen MR) is 119 cm³/mol. The quantitative estimate of drug-likeness (QED) is 0.606. The van der Waals surface area contributed by atoms with Gasteiger partial charge in [-0.15, -0.1) is 0 Å². The molecule has 3 fully saturated rings. The molecule has 0 aromatic heterocycles. The van der Waals surface area contributed by atoms with Crippen LogP contribution in [0.25, 0.3) is 0 Å². The molecule has 2 N–H and O–H groups in total. The van der Waals surface area contributed by atoms with Crippen molar-refractivity contribution in [1.29, 1.82) is 0 Å². The number of Topliss-reactive ketones (excluding diaryl/α,β-unsaturated/α-hetero) is 1. The Hall–Kier alpha value is -1.53. The second kappa shape index (κ2) is 8.35. The minimum Gasteiger partial charge on any atom is -0.458 e. The number of unbranched alkanes of at least 4 members (excludes halogenated alkanes) is 1. The summed E-state index contributed by atoms with van der Waals surface area (Å²) in [5.74, 6) is -0.300. The molecule has 0 bridgehead atoms. The van der Waals surface area contributed by atoms with E-state index < -0.39 is 35.5 Å². The summed E-state index contributed by atoms with van der Waals surface area (Å²) in [5.41, 5.74) is -1.37. The molecular formula is C26H38O6. The highest BCUT2D eigenvalue weighted by molar-refractivity contribution is 5.92. The highest BCUT2D eigenvalue weighted by atomic mass is 16.5. The van der Waals surface area contributed by atoms with Crippen molar-refractivity contribution >= 4 is 17.5 Å². The molecule has 4 aliphatic carbocycles. The van der Waals surface area contributed by atoms with Gasteiger partial charge in [0.05, 0.1) is 6.10 Å². The maximum Gasteiger partial charge on any atom is 0.306 e. The van der Waals surface area contributed by atoms with E-state index in [1.54, 1.807) is 0 Å². The average molecular weight is 447 g/mol. The van der Waals surface area contributed by atoms with Crippen LogP contribution in [0.15, 0.2) is 11.6 Å². The summed E-state index contributed by atoms with van der Waals surface area (Å²) in [6.07, 6.45) is 7.43. The van der Waals surface area contributed by atoms with Crippen LogP contribution in [0.5, 0.6) is 0 Å². The summed E-state index contributed by atoms with van der Waals surface area (Å²) in [7, 11) is 0. The van der Waals surface area contributed by atoms with Gasteiger partial charge in [0, 0.05) is 18.3 Å². The zero-order chi connectivity index (χ0) is 23.3. The monoisotopic (exact) mass is 446 g/mol. The number of ketones is 2. The summed E-state index contributed by atoms with van der Waals surface area (Å²) >= 11 is 0. The van der Waals surface area contributed by atoms with Gasteiger partial charge in [-0.05, 0) is 74.2 Å². The molecule has 0 spiro atoms. The number of esters is 1. The molecule has 178 valence electrons. The van der Waals surface area contributed by atoms with Crippen molar-refractivity contribution in [3.63, 3.8) is 0 Å². The number of ether oxygens (including phenoxy) is 1. The van der Waals surface area contributed by atoms with E-state index >= 15 is 0 Å². The Balaban J connectivity index is 1.55. The minimum atomic E-state index is -1.59. The Morgan fingerprint density at radius 2 is 1.94 bits per heavy atom. The van der Waals surface area contributed by atoms with Crippen molar-refractivity contribution in [2.75, 3.05) is 6.61 Å². The number of aliphatic hydroxyl groups is 2. The normalized spacial score (nSPS) is 43.0. The number of hydrogen-bond acceptors (Lipinski definition) is 6. The molecule has 6 nitrogen and oxygen atoms in total.